The van der Waals surface area contributed by atoms with Crippen LogP contribution in [0.1, 0.15) is 16.0 Å². The molecule has 0 spiro atoms. The molecule has 0 unspecified atom stereocenters. The topological polar surface area (TPSA) is 51.1 Å². The van der Waals surface area contributed by atoms with Gasteiger partial charge in [-0.3, -0.25) is 9.59 Å². The zero-order chi connectivity index (χ0) is 16.6. The van der Waals surface area contributed by atoms with E-state index in [1.807, 2.05) is 51.1 Å². The minimum atomic E-state index is -0.205. The Kier molecular flexibility index (Phi) is 4.05. The van der Waals surface area contributed by atoms with E-state index in [1.165, 1.54) is 4.57 Å². The SMILES string of the molecule is Cc1cc(C)cc(NC(=O)Cn2ccc3sc(C)cc3c2=O)c1. The number of anilines is 1. The highest BCUT2D eigenvalue weighted by Crippen LogP contribution is 2.21. The lowest BCUT2D eigenvalue weighted by atomic mass is 10.1. The molecule has 0 bridgehead atoms. The van der Waals surface area contributed by atoms with Crippen LogP contribution in [-0.2, 0) is 11.3 Å². The van der Waals surface area contributed by atoms with Crippen LogP contribution in [0.15, 0.2) is 41.3 Å². The van der Waals surface area contributed by atoms with Gasteiger partial charge in [0.25, 0.3) is 5.56 Å². The number of fused-ring (bicyclic) bond motifs is 1. The zero-order valence-electron chi connectivity index (χ0n) is 13.3. The number of carbonyl (C=O) groups excluding carboxylic acids is 1. The van der Waals surface area contributed by atoms with E-state index >= 15 is 0 Å². The Balaban J connectivity index is 1.82. The van der Waals surface area contributed by atoms with Gasteiger partial charge in [-0.1, -0.05) is 6.07 Å². The predicted octanol–water partition coefficient (Wildman–Crippen LogP) is 3.63. The maximum absolute atomic E-state index is 12.4. The van der Waals surface area contributed by atoms with E-state index in [0.29, 0.717) is 5.39 Å². The third-order valence-electron chi connectivity index (χ3n) is 3.60. The Morgan fingerprint density at radius 3 is 2.52 bits per heavy atom. The van der Waals surface area contributed by atoms with Gasteiger partial charge in [0.15, 0.2) is 0 Å². The molecule has 0 radical (unpaired) electrons. The highest BCUT2D eigenvalue weighted by molar-refractivity contribution is 7.18. The summed E-state index contributed by atoms with van der Waals surface area (Å²) in [6.45, 7) is 5.96. The number of hydrogen-bond acceptors (Lipinski definition) is 3. The van der Waals surface area contributed by atoms with Gasteiger partial charge >= 0.3 is 0 Å². The summed E-state index contributed by atoms with van der Waals surface area (Å²) in [4.78, 5) is 25.7. The Morgan fingerprint density at radius 1 is 1.13 bits per heavy atom. The van der Waals surface area contributed by atoms with Gasteiger partial charge in [-0.25, -0.2) is 0 Å². The second-order valence-electron chi connectivity index (χ2n) is 5.81. The molecule has 4 nitrogen and oxygen atoms in total. The quantitative estimate of drug-likeness (QED) is 0.799. The predicted molar refractivity (Wildman–Crippen MR) is 95.4 cm³/mol. The summed E-state index contributed by atoms with van der Waals surface area (Å²) in [6.07, 6.45) is 1.68. The summed E-state index contributed by atoms with van der Waals surface area (Å²) < 4.78 is 2.41. The molecule has 1 amide bonds. The number of nitrogens with zero attached hydrogens (tertiary/aromatic N) is 1. The first kappa shape index (κ1) is 15.5. The van der Waals surface area contributed by atoms with Crippen LogP contribution < -0.4 is 10.9 Å². The summed E-state index contributed by atoms with van der Waals surface area (Å²) in [6, 6.07) is 9.64. The lowest BCUT2D eigenvalue weighted by Gasteiger charge is -2.09. The maximum Gasteiger partial charge on any atom is 0.259 e. The highest BCUT2D eigenvalue weighted by Gasteiger charge is 2.09. The van der Waals surface area contributed by atoms with Crippen LogP contribution in [0.3, 0.4) is 0 Å². The molecule has 2 heterocycles. The Hall–Kier alpha value is -2.40. The van der Waals surface area contributed by atoms with Crippen molar-refractivity contribution in [2.75, 3.05) is 5.32 Å². The average molecular weight is 326 g/mol. The number of nitrogens with one attached hydrogen (secondary N) is 1. The molecular formula is C18H18N2O2S. The van der Waals surface area contributed by atoms with E-state index in [2.05, 4.69) is 5.32 Å². The molecule has 0 fully saturated rings. The molecule has 0 aliphatic rings. The summed E-state index contributed by atoms with van der Waals surface area (Å²) in [5, 5.41) is 3.53. The number of aryl methyl sites for hydroxylation is 3. The number of carbonyl (C=O) groups is 1. The Morgan fingerprint density at radius 2 is 1.83 bits per heavy atom. The standard InChI is InChI=1S/C18H18N2O2S/c1-11-6-12(2)8-14(7-11)19-17(21)10-20-5-4-16-15(18(20)22)9-13(3)23-16/h4-9H,10H2,1-3H3,(H,19,21). The third-order valence-corrected chi connectivity index (χ3v) is 4.62. The van der Waals surface area contributed by atoms with Gasteiger partial charge in [0.05, 0.1) is 5.39 Å². The lowest BCUT2D eigenvalue weighted by Crippen LogP contribution is -2.27. The van der Waals surface area contributed by atoms with Gasteiger partial charge in [0, 0.05) is 21.5 Å². The number of rotatable bonds is 3. The van der Waals surface area contributed by atoms with E-state index < -0.39 is 0 Å². The number of pyridine rings is 1. The Bertz CT molecular complexity index is 933. The first-order valence-electron chi connectivity index (χ1n) is 7.40. The fraction of sp³-hybridized carbons (Fsp3) is 0.222. The summed E-state index contributed by atoms with van der Waals surface area (Å²) >= 11 is 1.59. The molecule has 1 aromatic carbocycles. The van der Waals surface area contributed by atoms with Crippen LogP contribution in [0.4, 0.5) is 5.69 Å². The maximum atomic E-state index is 12.4. The average Bonchev–Trinajstić information content (AvgIpc) is 2.82. The smallest absolute Gasteiger partial charge is 0.259 e. The zero-order valence-corrected chi connectivity index (χ0v) is 14.2. The molecule has 0 saturated heterocycles. The van der Waals surface area contributed by atoms with Gasteiger partial charge in [-0.15, -0.1) is 11.3 Å². The van der Waals surface area contributed by atoms with Crippen molar-refractivity contribution in [2.45, 2.75) is 27.3 Å². The fourth-order valence-corrected chi connectivity index (χ4v) is 3.64. The van der Waals surface area contributed by atoms with E-state index in [9.17, 15) is 9.59 Å². The molecule has 0 aliphatic carbocycles. The van der Waals surface area contributed by atoms with Crippen LogP contribution >= 0.6 is 11.3 Å². The summed E-state index contributed by atoms with van der Waals surface area (Å²) in [5.74, 6) is -0.205. The summed E-state index contributed by atoms with van der Waals surface area (Å²) in [5.41, 5.74) is 2.82. The molecule has 118 valence electrons. The fourth-order valence-electron chi connectivity index (χ4n) is 2.73. The van der Waals surface area contributed by atoms with E-state index in [0.717, 1.165) is 26.4 Å². The van der Waals surface area contributed by atoms with Crippen LogP contribution in [0.5, 0.6) is 0 Å². The Labute approximate surface area is 138 Å². The van der Waals surface area contributed by atoms with E-state index in [4.69, 9.17) is 0 Å². The molecule has 1 N–H and O–H groups in total. The molecule has 23 heavy (non-hydrogen) atoms. The number of thiophene rings is 1. The van der Waals surface area contributed by atoms with E-state index in [1.54, 1.807) is 17.5 Å². The van der Waals surface area contributed by atoms with Crippen molar-refractivity contribution in [1.82, 2.24) is 4.57 Å². The highest BCUT2D eigenvalue weighted by atomic mass is 32.1. The number of benzene rings is 1. The van der Waals surface area contributed by atoms with Crippen molar-refractivity contribution in [3.63, 3.8) is 0 Å². The first-order chi connectivity index (χ1) is 10.9. The monoisotopic (exact) mass is 326 g/mol. The van der Waals surface area contributed by atoms with E-state index in [-0.39, 0.29) is 18.0 Å². The van der Waals surface area contributed by atoms with Crippen molar-refractivity contribution in [3.8, 4) is 0 Å². The minimum Gasteiger partial charge on any atom is -0.325 e. The van der Waals surface area contributed by atoms with Gasteiger partial charge in [-0.2, -0.15) is 0 Å². The second-order valence-corrected chi connectivity index (χ2v) is 7.10. The molecule has 0 aliphatic heterocycles. The van der Waals surface area contributed by atoms with Crippen molar-refractivity contribution >= 4 is 33.0 Å². The van der Waals surface area contributed by atoms with Crippen molar-refractivity contribution in [3.05, 3.63) is 62.9 Å². The molecule has 2 aromatic heterocycles. The molecule has 5 heteroatoms. The van der Waals surface area contributed by atoms with Crippen molar-refractivity contribution < 1.29 is 4.79 Å². The van der Waals surface area contributed by atoms with Gasteiger partial charge in [0.2, 0.25) is 5.91 Å². The van der Waals surface area contributed by atoms with Crippen molar-refractivity contribution in [2.24, 2.45) is 0 Å². The normalized spacial score (nSPS) is 10.9. The molecule has 3 rings (SSSR count). The summed E-state index contributed by atoms with van der Waals surface area (Å²) in [7, 11) is 0. The number of aromatic nitrogens is 1. The third kappa shape index (κ3) is 3.35. The molecule has 3 aromatic rings. The lowest BCUT2D eigenvalue weighted by molar-refractivity contribution is -0.116. The van der Waals surface area contributed by atoms with Crippen LogP contribution in [-0.4, -0.2) is 10.5 Å². The minimum absolute atomic E-state index is 0.0106. The van der Waals surface area contributed by atoms with Crippen molar-refractivity contribution in [1.29, 1.82) is 0 Å². The van der Waals surface area contributed by atoms with Gasteiger partial charge in [-0.05, 0) is 56.2 Å². The van der Waals surface area contributed by atoms with Crippen LogP contribution in [0, 0.1) is 20.8 Å². The second kappa shape index (κ2) is 6.01. The van der Waals surface area contributed by atoms with Crippen LogP contribution in [0.25, 0.3) is 10.1 Å². The van der Waals surface area contributed by atoms with Crippen LogP contribution in [0.2, 0.25) is 0 Å². The van der Waals surface area contributed by atoms with Gasteiger partial charge < -0.3 is 9.88 Å². The largest absolute Gasteiger partial charge is 0.325 e. The molecular weight excluding hydrogens is 308 g/mol. The molecule has 0 atom stereocenters. The van der Waals surface area contributed by atoms with Gasteiger partial charge in [0.1, 0.15) is 6.54 Å². The first-order valence-corrected chi connectivity index (χ1v) is 8.22. The molecule has 0 saturated carbocycles. The number of hydrogen-bond donors (Lipinski definition) is 1. The number of amides is 1.